The molecular weight excluding hydrogens is 476 g/mol. The van der Waals surface area contributed by atoms with Crippen LogP contribution in [0.1, 0.15) is 5.56 Å². The van der Waals surface area contributed by atoms with E-state index in [0.29, 0.717) is 11.4 Å². The van der Waals surface area contributed by atoms with E-state index in [1.807, 2.05) is 36.4 Å². The Morgan fingerprint density at radius 3 is 1.87 bits per heavy atom. The molecule has 0 bridgehead atoms. The van der Waals surface area contributed by atoms with Gasteiger partial charge in [-0.05, 0) is 54.6 Å². The Bertz CT molecular complexity index is 2000. The van der Waals surface area contributed by atoms with E-state index < -0.39 is 0 Å². The standard InChI is InChI=1S/C35H22N4/c36-23-24-15-17-26(18-16-24)35-37-31(25-9-3-1-4-10-25)22-32(38-35)27-19-20-30-29-13-7-8-14-33(29)39(34(30)21-27)28-11-5-2-6-12-28/h1-22H. The van der Waals surface area contributed by atoms with E-state index in [2.05, 4.69) is 95.6 Å². The van der Waals surface area contributed by atoms with Crippen molar-refractivity contribution in [1.82, 2.24) is 14.5 Å². The van der Waals surface area contributed by atoms with Gasteiger partial charge in [-0.2, -0.15) is 5.26 Å². The topological polar surface area (TPSA) is 54.5 Å². The molecule has 0 spiro atoms. The monoisotopic (exact) mass is 498 g/mol. The van der Waals surface area contributed by atoms with Crippen LogP contribution in [-0.2, 0) is 0 Å². The molecule has 39 heavy (non-hydrogen) atoms. The summed E-state index contributed by atoms with van der Waals surface area (Å²) in [7, 11) is 0. The zero-order valence-corrected chi connectivity index (χ0v) is 21.0. The highest BCUT2D eigenvalue weighted by Crippen LogP contribution is 2.35. The van der Waals surface area contributed by atoms with Crippen molar-refractivity contribution in [2.24, 2.45) is 0 Å². The van der Waals surface area contributed by atoms with Crippen LogP contribution in [0.2, 0.25) is 0 Å². The molecule has 0 saturated carbocycles. The number of rotatable bonds is 4. The van der Waals surface area contributed by atoms with Crippen LogP contribution in [0.15, 0.2) is 133 Å². The van der Waals surface area contributed by atoms with Crippen molar-refractivity contribution >= 4 is 21.8 Å². The Morgan fingerprint density at radius 2 is 1.13 bits per heavy atom. The first kappa shape index (κ1) is 22.7. The fourth-order valence-corrected chi connectivity index (χ4v) is 5.16. The number of aromatic nitrogens is 3. The summed E-state index contributed by atoms with van der Waals surface area (Å²) >= 11 is 0. The normalized spacial score (nSPS) is 11.1. The summed E-state index contributed by atoms with van der Waals surface area (Å²) in [5.74, 6) is 0.625. The molecule has 2 aromatic heterocycles. The molecule has 4 heteroatoms. The van der Waals surface area contributed by atoms with E-state index in [4.69, 9.17) is 9.97 Å². The molecule has 4 nitrogen and oxygen atoms in total. The van der Waals surface area contributed by atoms with Crippen molar-refractivity contribution in [2.75, 3.05) is 0 Å². The van der Waals surface area contributed by atoms with Crippen LogP contribution in [0.3, 0.4) is 0 Å². The first-order valence-corrected chi connectivity index (χ1v) is 12.8. The Morgan fingerprint density at radius 1 is 0.513 bits per heavy atom. The van der Waals surface area contributed by atoms with Gasteiger partial charge in [0.2, 0.25) is 0 Å². The van der Waals surface area contributed by atoms with Crippen molar-refractivity contribution < 1.29 is 0 Å². The van der Waals surface area contributed by atoms with Gasteiger partial charge in [0.05, 0.1) is 34.1 Å². The molecule has 0 atom stereocenters. The van der Waals surface area contributed by atoms with Crippen molar-refractivity contribution in [3.63, 3.8) is 0 Å². The van der Waals surface area contributed by atoms with Gasteiger partial charge in [0.25, 0.3) is 0 Å². The quantitative estimate of drug-likeness (QED) is 0.245. The van der Waals surface area contributed by atoms with Crippen molar-refractivity contribution in [1.29, 1.82) is 5.26 Å². The summed E-state index contributed by atoms with van der Waals surface area (Å²) in [6.07, 6.45) is 0. The molecule has 0 N–H and O–H groups in total. The molecule has 7 rings (SSSR count). The van der Waals surface area contributed by atoms with Gasteiger partial charge in [0.15, 0.2) is 5.82 Å². The minimum absolute atomic E-state index is 0.609. The Balaban J connectivity index is 1.47. The summed E-state index contributed by atoms with van der Waals surface area (Å²) in [5, 5.41) is 11.7. The largest absolute Gasteiger partial charge is 0.309 e. The first-order chi connectivity index (χ1) is 19.3. The lowest BCUT2D eigenvalue weighted by molar-refractivity contribution is 1.17. The molecule has 0 aliphatic heterocycles. The van der Waals surface area contributed by atoms with Gasteiger partial charge < -0.3 is 4.57 Å². The second-order valence-electron chi connectivity index (χ2n) is 9.44. The minimum atomic E-state index is 0.609. The van der Waals surface area contributed by atoms with Crippen LogP contribution in [-0.4, -0.2) is 14.5 Å². The molecule has 0 saturated heterocycles. The number of benzene rings is 5. The van der Waals surface area contributed by atoms with Crippen LogP contribution in [0, 0.1) is 11.3 Å². The summed E-state index contributed by atoms with van der Waals surface area (Å²) in [4.78, 5) is 9.93. The number of nitrogens with zero attached hydrogens (tertiary/aromatic N) is 4. The molecule has 0 amide bonds. The van der Waals surface area contributed by atoms with E-state index in [1.165, 1.54) is 16.3 Å². The molecule has 5 aromatic carbocycles. The maximum atomic E-state index is 9.25. The van der Waals surface area contributed by atoms with Gasteiger partial charge in [-0.15, -0.1) is 0 Å². The zero-order valence-electron chi connectivity index (χ0n) is 21.0. The maximum absolute atomic E-state index is 9.25. The minimum Gasteiger partial charge on any atom is -0.309 e. The third-order valence-electron chi connectivity index (χ3n) is 7.05. The fourth-order valence-electron chi connectivity index (χ4n) is 5.16. The predicted octanol–water partition coefficient (Wildman–Crippen LogP) is 8.45. The molecule has 0 unspecified atom stereocenters. The van der Waals surface area contributed by atoms with Gasteiger partial charge in [-0.25, -0.2) is 9.97 Å². The maximum Gasteiger partial charge on any atom is 0.160 e. The smallest absolute Gasteiger partial charge is 0.160 e. The number of nitriles is 1. The second kappa shape index (κ2) is 9.41. The summed E-state index contributed by atoms with van der Waals surface area (Å²) in [6.45, 7) is 0. The highest BCUT2D eigenvalue weighted by molar-refractivity contribution is 6.10. The van der Waals surface area contributed by atoms with Gasteiger partial charge in [-0.3, -0.25) is 0 Å². The lowest BCUT2D eigenvalue weighted by Crippen LogP contribution is -1.97. The average molecular weight is 499 g/mol. The Hall–Kier alpha value is -5.53. The zero-order chi connectivity index (χ0) is 26.2. The SMILES string of the molecule is N#Cc1ccc(-c2nc(-c3ccccc3)cc(-c3ccc4c5ccccc5n(-c5ccccc5)c4c3)n2)cc1. The van der Waals surface area contributed by atoms with Gasteiger partial charge in [0, 0.05) is 33.2 Å². The molecule has 0 aliphatic carbocycles. The van der Waals surface area contributed by atoms with E-state index in [0.717, 1.165) is 39.3 Å². The molecule has 0 fully saturated rings. The molecular formula is C35H22N4. The van der Waals surface area contributed by atoms with E-state index in [1.54, 1.807) is 12.1 Å². The molecule has 2 heterocycles. The van der Waals surface area contributed by atoms with Crippen molar-refractivity contribution in [2.45, 2.75) is 0 Å². The lowest BCUT2D eigenvalue weighted by atomic mass is 10.0. The third-order valence-corrected chi connectivity index (χ3v) is 7.05. The summed E-state index contributed by atoms with van der Waals surface area (Å²) < 4.78 is 2.31. The number of hydrogen-bond donors (Lipinski definition) is 0. The first-order valence-electron chi connectivity index (χ1n) is 12.8. The third kappa shape index (κ3) is 4.03. The highest BCUT2D eigenvalue weighted by Gasteiger charge is 2.15. The van der Waals surface area contributed by atoms with Crippen LogP contribution < -0.4 is 0 Å². The number of hydrogen-bond acceptors (Lipinski definition) is 3. The van der Waals surface area contributed by atoms with E-state index in [9.17, 15) is 5.26 Å². The number of para-hydroxylation sites is 2. The van der Waals surface area contributed by atoms with Gasteiger partial charge in [0.1, 0.15) is 0 Å². The molecule has 7 aromatic rings. The fraction of sp³-hybridized carbons (Fsp3) is 0. The summed E-state index contributed by atoms with van der Waals surface area (Å²) in [6, 6.07) is 47.4. The predicted molar refractivity (Wildman–Crippen MR) is 157 cm³/mol. The van der Waals surface area contributed by atoms with Crippen molar-refractivity contribution in [3.05, 3.63) is 139 Å². The molecule has 0 radical (unpaired) electrons. The Labute approximate surface area is 226 Å². The van der Waals surface area contributed by atoms with Crippen LogP contribution in [0.5, 0.6) is 0 Å². The second-order valence-corrected chi connectivity index (χ2v) is 9.44. The Kier molecular flexibility index (Phi) is 5.46. The molecule has 0 aliphatic rings. The average Bonchev–Trinajstić information content (AvgIpc) is 3.35. The number of fused-ring (bicyclic) bond motifs is 3. The lowest BCUT2D eigenvalue weighted by Gasteiger charge is -2.11. The highest BCUT2D eigenvalue weighted by atomic mass is 15.0. The van der Waals surface area contributed by atoms with E-state index >= 15 is 0 Å². The molecule has 182 valence electrons. The summed E-state index contributed by atoms with van der Waals surface area (Å²) in [5.41, 5.74) is 8.62. The van der Waals surface area contributed by atoms with Crippen molar-refractivity contribution in [3.8, 4) is 45.7 Å². The van der Waals surface area contributed by atoms with Gasteiger partial charge >= 0.3 is 0 Å². The van der Waals surface area contributed by atoms with E-state index in [-0.39, 0.29) is 0 Å². The van der Waals surface area contributed by atoms with Crippen LogP contribution >= 0.6 is 0 Å². The van der Waals surface area contributed by atoms with Crippen LogP contribution in [0.25, 0.3) is 61.4 Å². The van der Waals surface area contributed by atoms with Gasteiger partial charge in [-0.1, -0.05) is 78.9 Å². The van der Waals surface area contributed by atoms with Crippen LogP contribution in [0.4, 0.5) is 0 Å².